The van der Waals surface area contributed by atoms with E-state index in [9.17, 15) is 4.79 Å². The van der Waals surface area contributed by atoms with Crippen molar-refractivity contribution in [2.45, 2.75) is 6.42 Å². The SMILES string of the molecule is Cn1cnc2c1=NC(=O)CC=2N. The van der Waals surface area contributed by atoms with Gasteiger partial charge in [-0.1, -0.05) is 0 Å². The molecule has 0 saturated heterocycles. The Labute approximate surface area is 68.2 Å². The van der Waals surface area contributed by atoms with E-state index < -0.39 is 0 Å². The average molecular weight is 164 g/mol. The minimum Gasteiger partial charge on any atom is -0.400 e. The van der Waals surface area contributed by atoms with E-state index in [1.54, 1.807) is 17.9 Å². The highest BCUT2D eigenvalue weighted by Crippen LogP contribution is 1.94. The average Bonchev–Trinajstić information content (AvgIpc) is 2.33. The molecule has 0 atom stereocenters. The van der Waals surface area contributed by atoms with Gasteiger partial charge in [0.1, 0.15) is 5.35 Å². The highest BCUT2D eigenvalue weighted by Gasteiger charge is 2.11. The lowest BCUT2D eigenvalue weighted by Gasteiger charge is -1.99. The standard InChI is InChI=1S/C7H8N4O/c1-11-3-9-6-4(8)2-5(12)10-7(6)11/h3H,2,8H2,1H3. The highest BCUT2D eigenvalue weighted by atomic mass is 16.1. The molecule has 0 fully saturated rings. The second-order valence-corrected chi connectivity index (χ2v) is 2.74. The van der Waals surface area contributed by atoms with Crippen molar-refractivity contribution in [3.63, 3.8) is 0 Å². The molecule has 0 saturated carbocycles. The number of aryl methyl sites for hydroxylation is 1. The van der Waals surface area contributed by atoms with Gasteiger partial charge >= 0.3 is 0 Å². The van der Waals surface area contributed by atoms with E-state index in [4.69, 9.17) is 5.73 Å². The maximum absolute atomic E-state index is 11.0. The number of amides is 1. The lowest BCUT2D eigenvalue weighted by atomic mass is 10.2. The number of carbonyl (C=O) groups excluding carboxylic acids is 1. The van der Waals surface area contributed by atoms with Crippen LogP contribution in [-0.4, -0.2) is 15.5 Å². The van der Waals surface area contributed by atoms with E-state index in [-0.39, 0.29) is 12.3 Å². The van der Waals surface area contributed by atoms with Crippen LogP contribution in [0.4, 0.5) is 0 Å². The summed E-state index contributed by atoms with van der Waals surface area (Å²) in [6, 6.07) is 0. The van der Waals surface area contributed by atoms with Crippen LogP contribution in [-0.2, 0) is 11.8 Å². The maximum atomic E-state index is 11.0. The van der Waals surface area contributed by atoms with Crippen molar-refractivity contribution in [1.29, 1.82) is 0 Å². The van der Waals surface area contributed by atoms with Gasteiger partial charge in [-0.3, -0.25) is 4.79 Å². The monoisotopic (exact) mass is 164 g/mol. The molecule has 1 aromatic rings. The zero-order valence-corrected chi connectivity index (χ0v) is 6.61. The molecule has 2 heterocycles. The minimum atomic E-state index is -0.205. The number of rotatable bonds is 0. The van der Waals surface area contributed by atoms with E-state index in [0.29, 0.717) is 16.5 Å². The van der Waals surface area contributed by atoms with Gasteiger partial charge < -0.3 is 10.3 Å². The molecule has 0 aliphatic carbocycles. The predicted octanol–water partition coefficient (Wildman–Crippen LogP) is -1.96. The van der Waals surface area contributed by atoms with Crippen LogP contribution >= 0.6 is 0 Å². The number of nitrogens with zero attached hydrogens (tertiary/aromatic N) is 3. The van der Waals surface area contributed by atoms with Crippen LogP contribution in [0.1, 0.15) is 6.42 Å². The Morgan fingerprint density at radius 2 is 2.42 bits per heavy atom. The van der Waals surface area contributed by atoms with Crippen LogP contribution in [0, 0.1) is 0 Å². The maximum Gasteiger partial charge on any atom is 0.253 e. The van der Waals surface area contributed by atoms with Crippen molar-refractivity contribution >= 4 is 11.6 Å². The van der Waals surface area contributed by atoms with Gasteiger partial charge in [0.15, 0.2) is 5.49 Å². The smallest absolute Gasteiger partial charge is 0.253 e. The molecule has 5 nitrogen and oxygen atoms in total. The van der Waals surface area contributed by atoms with Crippen LogP contribution in [0.3, 0.4) is 0 Å². The molecule has 1 aliphatic heterocycles. The molecule has 12 heavy (non-hydrogen) atoms. The van der Waals surface area contributed by atoms with E-state index in [1.165, 1.54) is 0 Å². The van der Waals surface area contributed by atoms with E-state index in [1.807, 2.05) is 0 Å². The number of nitrogens with two attached hydrogens (primary N) is 1. The normalized spacial score (nSPS) is 15.8. The largest absolute Gasteiger partial charge is 0.400 e. The van der Waals surface area contributed by atoms with Crippen molar-refractivity contribution in [3.8, 4) is 0 Å². The second-order valence-electron chi connectivity index (χ2n) is 2.74. The first-order chi connectivity index (χ1) is 5.68. The van der Waals surface area contributed by atoms with Gasteiger partial charge in [0, 0.05) is 12.7 Å². The number of carbonyl (C=O) groups is 1. The lowest BCUT2D eigenvalue weighted by molar-refractivity contribution is -0.117. The molecule has 1 amide bonds. The van der Waals surface area contributed by atoms with E-state index >= 15 is 0 Å². The van der Waals surface area contributed by atoms with Gasteiger partial charge in [0.2, 0.25) is 0 Å². The molecule has 0 unspecified atom stereocenters. The van der Waals surface area contributed by atoms with Crippen LogP contribution in [0.5, 0.6) is 0 Å². The molecule has 1 aromatic heterocycles. The Kier molecular flexibility index (Phi) is 1.27. The molecule has 1 aliphatic rings. The van der Waals surface area contributed by atoms with Gasteiger partial charge in [-0.15, -0.1) is 0 Å². The number of hydrogen-bond donors (Lipinski definition) is 1. The van der Waals surface area contributed by atoms with Crippen molar-refractivity contribution in [2.75, 3.05) is 0 Å². The van der Waals surface area contributed by atoms with E-state index in [2.05, 4.69) is 9.98 Å². The zero-order chi connectivity index (χ0) is 8.72. The summed E-state index contributed by atoms with van der Waals surface area (Å²) < 4.78 is 1.68. The Hall–Kier alpha value is -1.65. The fourth-order valence-electron chi connectivity index (χ4n) is 1.19. The van der Waals surface area contributed by atoms with Crippen LogP contribution < -0.4 is 16.6 Å². The molecular weight excluding hydrogens is 156 g/mol. The fraction of sp³-hybridized carbons (Fsp3) is 0.286. The summed E-state index contributed by atoms with van der Waals surface area (Å²) >= 11 is 0. The zero-order valence-electron chi connectivity index (χ0n) is 6.61. The third-order valence-electron chi connectivity index (χ3n) is 1.78. The van der Waals surface area contributed by atoms with Gasteiger partial charge in [-0.25, -0.2) is 4.98 Å². The summed E-state index contributed by atoms with van der Waals surface area (Å²) in [6.07, 6.45) is 1.78. The third kappa shape index (κ3) is 0.827. The quantitative estimate of drug-likeness (QED) is 0.483. The number of imidazole rings is 1. The number of aromatic nitrogens is 2. The Bertz CT molecular complexity index is 456. The molecule has 0 bridgehead atoms. The number of hydrogen-bond acceptors (Lipinski definition) is 3. The highest BCUT2D eigenvalue weighted by molar-refractivity contribution is 5.85. The first kappa shape index (κ1) is 7.02. The molecular formula is C7H8N4O. The molecule has 62 valence electrons. The lowest BCUT2D eigenvalue weighted by Crippen LogP contribution is -2.38. The predicted molar refractivity (Wildman–Crippen MR) is 41.2 cm³/mol. The first-order valence-corrected chi connectivity index (χ1v) is 3.56. The van der Waals surface area contributed by atoms with Crippen LogP contribution in [0.25, 0.3) is 5.70 Å². The molecule has 0 spiro atoms. The van der Waals surface area contributed by atoms with Crippen molar-refractivity contribution in [2.24, 2.45) is 17.8 Å². The fourth-order valence-corrected chi connectivity index (χ4v) is 1.19. The molecule has 5 heteroatoms. The molecule has 2 rings (SSSR count). The van der Waals surface area contributed by atoms with Gasteiger partial charge in [0.25, 0.3) is 5.91 Å². The first-order valence-electron chi connectivity index (χ1n) is 3.56. The summed E-state index contributed by atoms with van der Waals surface area (Å²) in [6.45, 7) is 0. The van der Waals surface area contributed by atoms with Gasteiger partial charge in [-0.2, -0.15) is 4.99 Å². The van der Waals surface area contributed by atoms with Crippen LogP contribution in [0.2, 0.25) is 0 Å². The minimum absolute atomic E-state index is 0.185. The van der Waals surface area contributed by atoms with Crippen molar-refractivity contribution in [3.05, 3.63) is 17.2 Å². The molecule has 2 N–H and O–H groups in total. The Morgan fingerprint density at radius 1 is 1.67 bits per heavy atom. The molecule has 0 radical (unpaired) electrons. The summed E-state index contributed by atoms with van der Waals surface area (Å²) in [5.41, 5.74) is 6.67. The second kappa shape index (κ2) is 2.17. The Morgan fingerprint density at radius 3 is 3.17 bits per heavy atom. The summed E-state index contributed by atoms with van der Waals surface area (Å²) in [5, 5.41) is 0.636. The van der Waals surface area contributed by atoms with Crippen LogP contribution in [0.15, 0.2) is 11.3 Å². The van der Waals surface area contributed by atoms with Gasteiger partial charge in [-0.05, 0) is 0 Å². The topological polar surface area (TPSA) is 73.3 Å². The summed E-state index contributed by atoms with van der Waals surface area (Å²) in [5.74, 6) is -0.205. The molecule has 0 aromatic carbocycles. The van der Waals surface area contributed by atoms with Crippen molar-refractivity contribution < 1.29 is 4.79 Å². The number of fused-ring (bicyclic) bond motifs is 1. The third-order valence-corrected chi connectivity index (χ3v) is 1.78. The van der Waals surface area contributed by atoms with E-state index in [0.717, 1.165) is 0 Å². The van der Waals surface area contributed by atoms with Crippen molar-refractivity contribution in [1.82, 2.24) is 9.55 Å². The Balaban J connectivity index is 2.93. The summed E-state index contributed by atoms with van der Waals surface area (Å²) in [4.78, 5) is 18.8. The van der Waals surface area contributed by atoms with Gasteiger partial charge in [0.05, 0.1) is 12.7 Å². The summed E-state index contributed by atoms with van der Waals surface area (Å²) in [7, 11) is 1.78.